The van der Waals surface area contributed by atoms with Gasteiger partial charge in [0.2, 0.25) is 0 Å². The van der Waals surface area contributed by atoms with Gasteiger partial charge in [0.15, 0.2) is 0 Å². The van der Waals surface area contributed by atoms with Crippen LogP contribution in [0.15, 0.2) is 42.0 Å². The summed E-state index contributed by atoms with van der Waals surface area (Å²) < 4.78 is 0. The van der Waals surface area contributed by atoms with Crippen LogP contribution in [-0.2, 0) is 6.42 Å². The second kappa shape index (κ2) is 5.72. The zero-order chi connectivity index (χ0) is 12.1. The molecular formula is C16H21N. The van der Waals surface area contributed by atoms with Crippen LogP contribution in [0.5, 0.6) is 0 Å². The van der Waals surface area contributed by atoms with E-state index in [9.17, 15) is 0 Å². The van der Waals surface area contributed by atoms with Crippen LogP contribution in [0.4, 0.5) is 5.69 Å². The summed E-state index contributed by atoms with van der Waals surface area (Å²) in [5, 5.41) is 3.54. The van der Waals surface area contributed by atoms with Crippen molar-refractivity contribution in [3.63, 3.8) is 0 Å². The lowest BCUT2D eigenvalue weighted by atomic mass is 10.0. The first-order valence-corrected chi connectivity index (χ1v) is 6.47. The Morgan fingerprint density at radius 3 is 3.00 bits per heavy atom. The standard InChI is InChI=1S/C16H21N/c1-3-4-5-6-14-8-10-15-9-7-13(2)11-16(15)17-12-14/h4-7,9,11,17H,3,8,10,12H2,1-2H3/b5-4-,14-6-. The van der Waals surface area contributed by atoms with Crippen molar-refractivity contribution in [3.05, 3.63) is 53.1 Å². The van der Waals surface area contributed by atoms with E-state index in [0.29, 0.717) is 0 Å². The van der Waals surface area contributed by atoms with Crippen molar-refractivity contribution in [1.29, 1.82) is 0 Å². The second-order valence-electron chi connectivity index (χ2n) is 4.68. The first-order chi connectivity index (χ1) is 8.29. The number of aryl methyl sites for hydroxylation is 2. The van der Waals surface area contributed by atoms with Gasteiger partial charge in [-0.05, 0) is 43.4 Å². The van der Waals surface area contributed by atoms with E-state index in [1.807, 2.05) is 0 Å². The number of fused-ring (bicyclic) bond motifs is 1. The molecule has 1 aliphatic rings. The Labute approximate surface area is 104 Å². The highest BCUT2D eigenvalue weighted by atomic mass is 14.9. The van der Waals surface area contributed by atoms with Gasteiger partial charge in [0.05, 0.1) is 0 Å². The first kappa shape index (κ1) is 12.0. The average Bonchev–Trinajstić information content (AvgIpc) is 2.52. The molecule has 1 heteroatoms. The summed E-state index contributed by atoms with van der Waals surface area (Å²) in [5.41, 5.74) is 5.57. The summed E-state index contributed by atoms with van der Waals surface area (Å²) in [6.07, 6.45) is 10.1. The summed E-state index contributed by atoms with van der Waals surface area (Å²) in [5.74, 6) is 0. The van der Waals surface area contributed by atoms with Crippen LogP contribution in [0, 0.1) is 6.92 Å². The Balaban J connectivity index is 2.11. The summed E-state index contributed by atoms with van der Waals surface area (Å²) in [7, 11) is 0. The smallest absolute Gasteiger partial charge is 0.0378 e. The molecule has 0 radical (unpaired) electrons. The minimum absolute atomic E-state index is 0.977. The normalized spacial score (nSPS) is 17.9. The molecule has 2 rings (SSSR count). The number of allylic oxidation sites excluding steroid dienone is 3. The van der Waals surface area contributed by atoms with E-state index in [4.69, 9.17) is 0 Å². The van der Waals surface area contributed by atoms with E-state index in [1.165, 1.54) is 22.4 Å². The molecule has 17 heavy (non-hydrogen) atoms. The van der Waals surface area contributed by atoms with E-state index >= 15 is 0 Å². The maximum atomic E-state index is 3.54. The van der Waals surface area contributed by atoms with E-state index in [0.717, 1.165) is 25.8 Å². The molecule has 1 aromatic rings. The van der Waals surface area contributed by atoms with Crippen molar-refractivity contribution in [2.45, 2.75) is 33.1 Å². The Morgan fingerprint density at radius 2 is 2.18 bits per heavy atom. The Bertz CT molecular complexity index is 441. The van der Waals surface area contributed by atoms with Crippen molar-refractivity contribution < 1.29 is 0 Å². The van der Waals surface area contributed by atoms with Gasteiger partial charge in [0.25, 0.3) is 0 Å². The zero-order valence-corrected chi connectivity index (χ0v) is 10.8. The van der Waals surface area contributed by atoms with E-state index in [1.54, 1.807) is 0 Å². The summed E-state index contributed by atoms with van der Waals surface area (Å²) in [6, 6.07) is 6.70. The molecule has 1 nitrogen and oxygen atoms in total. The molecule has 1 aliphatic heterocycles. The van der Waals surface area contributed by atoms with Gasteiger partial charge in [-0.15, -0.1) is 0 Å². The number of rotatable bonds is 2. The highest BCUT2D eigenvalue weighted by Crippen LogP contribution is 2.24. The molecule has 0 saturated heterocycles. The molecule has 0 aliphatic carbocycles. The van der Waals surface area contributed by atoms with Crippen molar-refractivity contribution in [2.75, 3.05) is 11.9 Å². The zero-order valence-electron chi connectivity index (χ0n) is 10.8. The number of benzene rings is 1. The lowest BCUT2D eigenvalue weighted by molar-refractivity contribution is 0.947. The highest BCUT2D eigenvalue weighted by Gasteiger charge is 2.09. The minimum atomic E-state index is 0.977. The first-order valence-electron chi connectivity index (χ1n) is 6.47. The van der Waals surface area contributed by atoms with Gasteiger partial charge in [-0.2, -0.15) is 0 Å². The van der Waals surface area contributed by atoms with Gasteiger partial charge >= 0.3 is 0 Å². The lowest BCUT2D eigenvalue weighted by Gasteiger charge is -2.07. The molecule has 0 amide bonds. The molecule has 1 N–H and O–H groups in total. The van der Waals surface area contributed by atoms with Crippen LogP contribution >= 0.6 is 0 Å². The lowest BCUT2D eigenvalue weighted by Crippen LogP contribution is -2.02. The van der Waals surface area contributed by atoms with Crippen molar-refractivity contribution >= 4 is 5.69 Å². The summed E-state index contributed by atoms with van der Waals surface area (Å²) in [6.45, 7) is 5.29. The molecule has 0 atom stereocenters. The summed E-state index contributed by atoms with van der Waals surface area (Å²) in [4.78, 5) is 0. The molecule has 90 valence electrons. The number of hydrogen-bond acceptors (Lipinski definition) is 1. The van der Waals surface area contributed by atoms with Crippen molar-refractivity contribution in [2.24, 2.45) is 0 Å². The SMILES string of the molecule is CC/C=C\C=C1\CCc2ccc(C)cc2NC1. The monoisotopic (exact) mass is 227 g/mol. The molecular weight excluding hydrogens is 206 g/mol. The predicted molar refractivity (Wildman–Crippen MR) is 75.5 cm³/mol. The maximum Gasteiger partial charge on any atom is 0.0378 e. The van der Waals surface area contributed by atoms with Crippen molar-refractivity contribution in [3.8, 4) is 0 Å². The Kier molecular flexibility index (Phi) is 4.03. The minimum Gasteiger partial charge on any atom is -0.381 e. The number of hydrogen-bond donors (Lipinski definition) is 1. The highest BCUT2D eigenvalue weighted by molar-refractivity contribution is 5.55. The number of nitrogens with one attached hydrogen (secondary N) is 1. The molecule has 0 unspecified atom stereocenters. The van der Waals surface area contributed by atoms with Crippen LogP contribution in [-0.4, -0.2) is 6.54 Å². The fourth-order valence-corrected chi connectivity index (χ4v) is 2.15. The quantitative estimate of drug-likeness (QED) is 0.796. The van der Waals surface area contributed by atoms with Crippen LogP contribution < -0.4 is 5.32 Å². The fourth-order valence-electron chi connectivity index (χ4n) is 2.15. The van der Waals surface area contributed by atoms with Gasteiger partial charge in [0, 0.05) is 12.2 Å². The third kappa shape index (κ3) is 3.23. The van der Waals surface area contributed by atoms with E-state index < -0.39 is 0 Å². The Hall–Kier alpha value is -1.50. The van der Waals surface area contributed by atoms with Gasteiger partial charge in [-0.1, -0.05) is 42.9 Å². The molecule has 1 heterocycles. The molecule has 0 spiro atoms. The second-order valence-corrected chi connectivity index (χ2v) is 4.68. The van der Waals surface area contributed by atoms with Crippen LogP contribution in [0.25, 0.3) is 0 Å². The molecule has 1 aromatic carbocycles. The van der Waals surface area contributed by atoms with Crippen LogP contribution in [0.2, 0.25) is 0 Å². The molecule has 0 fully saturated rings. The van der Waals surface area contributed by atoms with E-state index in [2.05, 4.69) is 55.6 Å². The van der Waals surface area contributed by atoms with E-state index in [-0.39, 0.29) is 0 Å². The van der Waals surface area contributed by atoms with Gasteiger partial charge in [-0.3, -0.25) is 0 Å². The third-order valence-electron chi connectivity index (χ3n) is 3.19. The average molecular weight is 227 g/mol. The topological polar surface area (TPSA) is 12.0 Å². The fraction of sp³-hybridized carbons (Fsp3) is 0.375. The van der Waals surface area contributed by atoms with Gasteiger partial charge in [-0.25, -0.2) is 0 Å². The molecule has 0 bridgehead atoms. The van der Waals surface area contributed by atoms with Crippen molar-refractivity contribution in [1.82, 2.24) is 0 Å². The predicted octanol–water partition coefficient (Wildman–Crippen LogP) is 4.25. The van der Waals surface area contributed by atoms with Crippen LogP contribution in [0.1, 0.15) is 30.9 Å². The summed E-state index contributed by atoms with van der Waals surface area (Å²) >= 11 is 0. The van der Waals surface area contributed by atoms with Crippen LogP contribution in [0.3, 0.4) is 0 Å². The molecule has 0 aromatic heterocycles. The molecule has 0 saturated carbocycles. The number of anilines is 1. The van der Waals surface area contributed by atoms with Gasteiger partial charge in [0.1, 0.15) is 0 Å². The Morgan fingerprint density at radius 1 is 1.29 bits per heavy atom. The van der Waals surface area contributed by atoms with Gasteiger partial charge < -0.3 is 5.32 Å². The largest absolute Gasteiger partial charge is 0.381 e. The third-order valence-corrected chi connectivity index (χ3v) is 3.19. The maximum absolute atomic E-state index is 3.54.